The Bertz CT molecular complexity index is 591. The van der Waals surface area contributed by atoms with E-state index in [2.05, 4.69) is 0 Å². The van der Waals surface area contributed by atoms with Gasteiger partial charge in [0.15, 0.2) is 11.5 Å². The molecule has 6 heteroatoms. The average Bonchev–Trinajstić information content (AvgIpc) is 2.58. The molecular weight excluding hydrogens is 298 g/mol. The molecule has 1 aromatic carbocycles. The number of rotatable bonds is 8. The first-order chi connectivity index (χ1) is 11.1. The number of carbonyl (C=O) groups excluding carboxylic acids is 1. The molecule has 6 nitrogen and oxygen atoms in total. The zero-order valence-corrected chi connectivity index (χ0v) is 13.8. The van der Waals surface area contributed by atoms with Gasteiger partial charge in [0.05, 0.1) is 27.9 Å². The molecule has 0 bridgehead atoms. The fourth-order valence-electron chi connectivity index (χ4n) is 1.88. The summed E-state index contributed by atoms with van der Waals surface area (Å²) in [6.45, 7) is 2.29. The minimum atomic E-state index is -0.644. The molecule has 0 aromatic heterocycles. The van der Waals surface area contributed by atoms with Crippen LogP contribution in [0.15, 0.2) is 17.7 Å². The number of unbranched alkanes of at least 4 members (excludes halogenated alkanes) is 1. The van der Waals surface area contributed by atoms with Gasteiger partial charge in [-0.3, -0.25) is 0 Å². The standard InChI is InChI=1S/C17H21NO5/c1-5-6-7-23-17(19)13(11-18)8-12-9-14(20-2)16(22-4)15(10-12)21-3/h8-10H,5-7H2,1-4H3/b13-8+. The summed E-state index contributed by atoms with van der Waals surface area (Å²) in [7, 11) is 4.49. The number of benzene rings is 1. The van der Waals surface area contributed by atoms with E-state index < -0.39 is 5.97 Å². The third-order valence-corrected chi connectivity index (χ3v) is 3.07. The van der Waals surface area contributed by atoms with Gasteiger partial charge in [-0.1, -0.05) is 13.3 Å². The van der Waals surface area contributed by atoms with Crippen LogP contribution in [0.5, 0.6) is 17.2 Å². The number of carbonyl (C=O) groups is 1. The van der Waals surface area contributed by atoms with Crippen LogP contribution in [0, 0.1) is 11.3 Å². The van der Waals surface area contributed by atoms with Crippen LogP contribution in [0.25, 0.3) is 6.08 Å². The molecule has 0 amide bonds. The van der Waals surface area contributed by atoms with E-state index in [1.54, 1.807) is 12.1 Å². The summed E-state index contributed by atoms with van der Waals surface area (Å²) in [5.41, 5.74) is 0.485. The summed E-state index contributed by atoms with van der Waals surface area (Å²) < 4.78 is 20.8. The number of hydrogen-bond donors (Lipinski definition) is 0. The largest absolute Gasteiger partial charge is 0.493 e. The number of nitriles is 1. The van der Waals surface area contributed by atoms with Crippen molar-refractivity contribution >= 4 is 12.0 Å². The maximum absolute atomic E-state index is 11.9. The second kappa shape index (κ2) is 9.36. The molecule has 0 fully saturated rings. The second-order valence-corrected chi connectivity index (χ2v) is 4.62. The highest BCUT2D eigenvalue weighted by molar-refractivity contribution is 5.98. The van der Waals surface area contributed by atoms with Crippen molar-refractivity contribution in [3.8, 4) is 23.3 Å². The van der Waals surface area contributed by atoms with Gasteiger partial charge in [-0.25, -0.2) is 4.79 Å². The Balaban J connectivity index is 3.13. The molecule has 1 aromatic rings. The Labute approximate surface area is 136 Å². The number of hydrogen-bond acceptors (Lipinski definition) is 6. The quantitative estimate of drug-likeness (QED) is 0.317. The zero-order valence-electron chi connectivity index (χ0n) is 13.8. The first kappa shape index (κ1) is 18.4. The van der Waals surface area contributed by atoms with Gasteiger partial charge in [0.25, 0.3) is 0 Å². The number of methoxy groups -OCH3 is 3. The Morgan fingerprint density at radius 3 is 2.22 bits per heavy atom. The predicted octanol–water partition coefficient (Wildman–Crippen LogP) is 2.96. The molecule has 0 saturated heterocycles. The molecule has 1 rings (SSSR count). The van der Waals surface area contributed by atoms with Crippen LogP contribution in [0.1, 0.15) is 25.3 Å². The van der Waals surface area contributed by atoms with Crippen molar-refractivity contribution in [1.29, 1.82) is 5.26 Å². The molecule has 0 aliphatic heterocycles. The third-order valence-electron chi connectivity index (χ3n) is 3.07. The number of ether oxygens (including phenoxy) is 4. The minimum absolute atomic E-state index is 0.0876. The first-order valence-electron chi connectivity index (χ1n) is 7.20. The van der Waals surface area contributed by atoms with Crippen molar-refractivity contribution in [1.82, 2.24) is 0 Å². The van der Waals surface area contributed by atoms with E-state index in [0.29, 0.717) is 29.4 Å². The summed E-state index contributed by atoms with van der Waals surface area (Å²) >= 11 is 0. The molecule has 124 valence electrons. The van der Waals surface area contributed by atoms with Gasteiger partial charge in [-0.2, -0.15) is 5.26 Å². The van der Waals surface area contributed by atoms with Gasteiger partial charge >= 0.3 is 5.97 Å². The Morgan fingerprint density at radius 1 is 1.17 bits per heavy atom. The second-order valence-electron chi connectivity index (χ2n) is 4.62. The van der Waals surface area contributed by atoms with E-state index in [1.807, 2.05) is 13.0 Å². The van der Waals surface area contributed by atoms with Crippen molar-refractivity contribution in [2.45, 2.75) is 19.8 Å². The van der Waals surface area contributed by atoms with E-state index in [0.717, 1.165) is 12.8 Å². The molecule has 0 spiro atoms. The van der Waals surface area contributed by atoms with Gasteiger partial charge < -0.3 is 18.9 Å². The Hall–Kier alpha value is -2.68. The molecule has 0 N–H and O–H groups in total. The topological polar surface area (TPSA) is 77.8 Å². The number of nitrogens with zero attached hydrogens (tertiary/aromatic N) is 1. The van der Waals surface area contributed by atoms with E-state index in [1.165, 1.54) is 27.4 Å². The summed E-state index contributed by atoms with van der Waals surface area (Å²) in [4.78, 5) is 11.9. The van der Waals surface area contributed by atoms with E-state index in [9.17, 15) is 4.79 Å². The monoisotopic (exact) mass is 319 g/mol. The minimum Gasteiger partial charge on any atom is -0.493 e. The van der Waals surface area contributed by atoms with Gasteiger partial charge in [-0.15, -0.1) is 0 Å². The lowest BCUT2D eigenvalue weighted by Crippen LogP contribution is -2.07. The summed E-state index contributed by atoms with van der Waals surface area (Å²) in [6.07, 6.45) is 3.10. The fraction of sp³-hybridized carbons (Fsp3) is 0.412. The maximum atomic E-state index is 11.9. The average molecular weight is 319 g/mol. The Kier molecular flexibility index (Phi) is 7.48. The molecule has 0 aliphatic carbocycles. The van der Waals surface area contributed by atoms with Crippen LogP contribution in [0.3, 0.4) is 0 Å². The van der Waals surface area contributed by atoms with Crippen LogP contribution >= 0.6 is 0 Å². The molecule has 0 aliphatic rings. The van der Waals surface area contributed by atoms with Crippen LogP contribution in [0.2, 0.25) is 0 Å². The highest BCUT2D eigenvalue weighted by Crippen LogP contribution is 2.38. The lowest BCUT2D eigenvalue weighted by atomic mass is 10.1. The van der Waals surface area contributed by atoms with Crippen LogP contribution in [-0.4, -0.2) is 33.9 Å². The highest BCUT2D eigenvalue weighted by atomic mass is 16.5. The van der Waals surface area contributed by atoms with Gasteiger partial charge in [0, 0.05) is 0 Å². The summed E-state index contributed by atoms with van der Waals surface area (Å²) in [5, 5.41) is 9.16. The third kappa shape index (κ3) is 4.92. The molecular formula is C17H21NO5. The van der Waals surface area contributed by atoms with Crippen LogP contribution in [-0.2, 0) is 9.53 Å². The zero-order chi connectivity index (χ0) is 17.2. The molecule has 0 unspecified atom stereocenters. The Morgan fingerprint density at radius 2 is 1.78 bits per heavy atom. The van der Waals surface area contributed by atoms with E-state index in [4.69, 9.17) is 24.2 Å². The van der Waals surface area contributed by atoms with Crippen molar-refractivity contribution in [2.24, 2.45) is 0 Å². The summed E-state index contributed by atoms with van der Waals surface area (Å²) in [6, 6.07) is 5.16. The lowest BCUT2D eigenvalue weighted by Gasteiger charge is -2.13. The van der Waals surface area contributed by atoms with Crippen molar-refractivity contribution in [3.05, 3.63) is 23.3 Å². The summed E-state index contributed by atoms with van der Waals surface area (Å²) in [5.74, 6) is 0.676. The lowest BCUT2D eigenvalue weighted by molar-refractivity contribution is -0.138. The smallest absolute Gasteiger partial charge is 0.348 e. The molecule has 0 saturated carbocycles. The molecule has 0 radical (unpaired) electrons. The van der Waals surface area contributed by atoms with E-state index in [-0.39, 0.29) is 5.57 Å². The normalized spacial score (nSPS) is 10.7. The highest BCUT2D eigenvalue weighted by Gasteiger charge is 2.15. The van der Waals surface area contributed by atoms with Gasteiger partial charge in [0.1, 0.15) is 11.6 Å². The SMILES string of the molecule is CCCCOC(=O)/C(C#N)=C/c1cc(OC)c(OC)c(OC)c1. The number of esters is 1. The van der Waals surface area contributed by atoms with Crippen molar-refractivity contribution in [2.75, 3.05) is 27.9 Å². The molecule has 0 atom stereocenters. The molecule has 0 heterocycles. The van der Waals surface area contributed by atoms with E-state index >= 15 is 0 Å². The molecule has 23 heavy (non-hydrogen) atoms. The van der Waals surface area contributed by atoms with Gasteiger partial charge in [0.2, 0.25) is 5.75 Å². The van der Waals surface area contributed by atoms with Crippen molar-refractivity contribution < 1.29 is 23.7 Å². The van der Waals surface area contributed by atoms with Gasteiger partial charge in [-0.05, 0) is 30.2 Å². The predicted molar refractivity (Wildman–Crippen MR) is 85.6 cm³/mol. The van der Waals surface area contributed by atoms with Crippen LogP contribution in [0.4, 0.5) is 0 Å². The van der Waals surface area contributed by atoms with Crippen LogP contribution < -0.4 is 14.2 Å². The first-order valence-corrected chi connectivity index (χ1v) is 7.20. The van der Waals surface area contributed by atoms with Crippen molar-refractivity contribution in [3.63, 3.8) is 0 Å². The fourth-order valence-corrected chi connectivity index (χ4v) is 1.88. The maximum Gasteiger partial charge on any atom is 0.348 e.